The van der Waals surface area contributed by atoms with Crippen molar-refractivity contribution in [2.75, 3.05) is 40.1 Å². The average Bonchev–Trinajstić information content (AvgIpc) is 3.06. The van der Waals surface area contributed by atoms with Crippen LogP contribution in [0.4, 0.5) is 0 Å². The molecule has 5 rings (SSSR count). The highest BCUT2D eigenvalue weighted by atomic mass is 16.8. The quantitative estimate of drug-likeness (QED) is 0.117. The summed E-state index contributed by atoms with van der Waals surface area (Å²) >= 11 is 0. The van der Waals surface area contributed by atoms with Crippen LogP contribution in [0.2, 0.25) is 0 Å². The minimum absolute atomic E-state index is 0.00639. The van der Waals surface area contributed by atoms with Gasteiger partial charge in [0.05, 0.1) is 44.2 Å². The van der Waals surface area contributed by atoms with E-state index in [2.05, 4.69) is 4.74 Å². The zero-order chi connectivity index (χ0) is 36.6. The number of esters is 1. The second-order valence-electron chi connectivity index (χ2n) is 12.9. The standard InChI is InChI=1S/C16H28O10.C8H14O5.C6H12O4/c1-6-12(8(17)10(19)14(21-4)23-6)25-15-11(20)9(18)13-7(24-15)5-22-16(2,3)26-13;1-5(9)13-4-7-8(11)6(10)2-3-12-7;7-2-4-1-5(8)6(9)3-10-4/h6-15,17-20H,5H2,1-4H3;6-8,10-11H,2-4H2,1H3;4-9H,1-3H2/t6?,7?,8-,9-,10?,11?,12+,13+,14+,15-;6-,7?,8-;4?,5-,6?/m001/s1. The van der Waals surface area contributed by atoms with Crippen molar-refractivity contribution in [1.29, 1.82) is 0 Å². The van der Waals surface area contributed by atoms with Crippen molar-refractivity contribution < 1.29 is 93.4 Å². The first kappa shape index (κ1) is 42.2. The third-order valence-corrected chi connectivity index (χ3v) is 8.58. The lowest BCUT2D eigenvalue weighted by molar-refractivity contribution is -0.397. The van der Waals surface area contributed by atoms with Crippen LogP contribution in [0.5, 0.6) is 0 Å². The maximum Gasteiger partial charge on any atom is 0.302 e. The van der Waals surface area contributed by atoms with Crippen molar-refractivity contribution in [2.45, 2.75) is 144 Å². The molecule has 0 aromatic heterocycles. The van der Waals surface area contributed by atoms with Crippen molar-refractivity contribution in [3.05, 3.63) is 0 Å². The SMILES string of the molecule is CC(=O)OCC1OCC[C@H](O)[C@@H]1O.CO[C@@H]1OC(C)[C@@H](O[C@@H]2OC3COC(C)(C)O[C@H]3[C@@H](O)C2O)[C@@H](O)C1O.OCC1C[C@@H](O)C(O)CO1. The molecule has 19 nitrogen and oxygen atoms in total. The van der Waals surface area contributed by atoms with Crippen molar-refractivity contribution >= 4 is 5.97 Å². The van der Waals surface area contributed by atoms with Gasteiger partial charge in [-0.15, -0.1) is 0 Å². The fourth-order valence-electron chi connectivity index (χ4n) is 5.66. The molecule has 5 aliphatic heterocycles. The van der Waals surface area contributed by atoms with Crippen LogP contribution in [0.15, 0.2) is 0 Å². The van der Waals surface area contributed by atoms with Crippen molar-refractivity contribution in [3.8, 4) is 0 Å². The maximum absolute atomic E-state index is 10.5. The topological polar surface area (TPSA) is 282 Å². The number of fused-ring (bicyclic) bond motifs is 1. The Hall–Kier alpha value is -1.21. The van der Waals surface area contributed by atoms with Gasteiger partial charge in [0.1, 0.15) is 67.6 Å². The van der Waals surface area contributed by atoms with Gasteiger partial charge in [0.2, 0.25) is 0 Å². The summed E-state index contributed by atoms with van der Waals surface area (Å²) in [6.45, 7) is 6.87. The van der Waals surface area contributed by atoms with Crippen LogP contribution in [0.3, 0.4) is 0 Å². The molecule has 5 fully saturated rings. The monoisotopic (exact) mass is 718 g/mol. The molecule has 0 aliphatic carbocycles. The fraction of sp³-hybridized carbons (Fsp3) is 0.967. The normalized spacial score (nSPS) is 45.0. The van der Waals surface area contributed by atoms with Crippen LogP contribution >= 0.6 is 0 Å². The molecule has 288 valence electrons. The van der Waals surface area contributed by atoms with Gasteiger partial charge >= 0.3 is 5.97 Å². The molecule has 5 aliphatic rings. The number of hydrogen-bond donors (Lipinski definition) is 9. The number of ether oxygens (including phenoxy) is 9. The number of aliphatic hydroxyl groups is 9. The fourth-order valence-corrected chi connectivity index (χ4v) is 5.66. The molecule has 5 heterocycles. The number of carbonyl (C=O) groups is 1. The molecule has 0 bridgehead atoms. The lowest BCUT2D eigenvalue weighted by Crippen LogP contribution is -2.66. The smallest absolute Gasteiger partial charge is 0.302 e. The van der Waals surface area contributed by atoms with Gasteiger partial charge in [0.25, 0.3) is 0 Å². The van der Waals surface area contributed by atoms with Gasteiger partial charge in [-0.05, 0) is 27.2 Å². The van der Waals surface area contributed by atoms with Crippen molar-refractivity contribution in [3.63, 3.8) is 0 Å². The molecule has 7 unspecified atom stereocenters. The van der Waals surface area contributed by atoms with Gasteiger partial charge in [0, 0.05) is 27.1 Å². The van der Waals surface area contributed by atoms with E-state index in [0.29, 0.717) is 19.4 Å². The van der Waals surface area contributed by atoms with E-state index in [1.807, 2.05) is 0 Å². The first-order valence-electron chi connectivity index (χ1n) is 16.2. The van der Waals surface area contributed by atoms with Gasteiger partial charge in [-0.2, -0.15) is 0 Å². The number of rotatable bonds is 6. The van der Waals surface area contributed by atoms with Gasteiger partial charge in [0.15, 0.2) is 18.4 Å². The summed E-state index contributed by atoms with van der Waals surface area (Å²) in [7, 11) is 1.35. The summed E-state index contributed by atoms with van der Waals surface area (Å²) in [6.07, 6.45) is -14.1. The van der Waals surface area contributed by atoms with E-state index in [4.69, 9.17) is 53.2 Å². The second-order valence-corrected chi connectivity index (χ2v) is 12.9. The van der Waals surface area contributed by atoms with Crippen LogP contribution < -0.4 is 0 Å². The van der Waals surface area contributed by atoms with E-state index in [0.717, 1.165) is 0 Å². The van der Waals surface area contributed by atoms with E-state index in [1.165, 1.54) is 14.0 Å². The summed E-state index contributed by atoms with van der Waals surface area (Å²) in [5, 5.41) is 86.3. The molecule has 9 N–H and O–H groups in total. The largest absolute Gasteiger partial charge is 0.463 e. The molecule has 16 atom stereocenters. The lowest BCUT2D eigenvalue weighted by atomic mass is 9.96. The molecule has 0 aromatic carbocycles. The summed E-state index contributed by atoms with van der Waals surface area (Å²) < 4.78 is 47.7. The van der Waals surface area contributed by atoms with Crippen LogP contribution in [0.25, 0.3) is 0 Å². The Bertz CT molecular complexity index is 987. The number of hydrogen-bond acceptors (Lipinski definition) is 19. The third kappa shape index (κ3) is 11.6. The zero-order valence-electron chi connectivity index (χ0n) is 28.3. The van der Waals surface area contributed by atoms with Crippen LogP contribution in [0, 0.1) is 0 Å². The van der Waals surface area contributed by atoms with E-state index < -0.39 is 104 Å². The number of carbonyl (C=O) groups excluding carboxylic acids is 1. The predicted molar refractivity (Wildman–Crippen MR) is 160 cm³/mol. The minimum atomic E-state index is -1.41. The zero-order valence-corrected chi connectivity index (χ0v) is 28.3. The molecule has 0 amide bonds. The van der Waals surface area contributed by atoms with E-state index in [1.54, 1.807) is 20.8 Å². The molecule has 0 saturated carbocycles. The van der Waals surface area contributed by atoms with E-state index in [9.17, 15) is 35.4 Å². The van der Waals surface area contributed by atoms with Crippen LogP contribution in [0.1, 0.15) is 40.5 Å². The molecule has 0 spiro atoms. The Balaban J connectivity index is 0.000000234. The van der Waals surface area contributed by atoms with Gasteiger partial charge < -0.3 is 88.6 Å². The van der Waals surface area contributed by atoms with E-state index in [-0.39, 0.29) is 32.5 Å². The molecule has 49 heavy (non-hydrogen) atoms. The summed E-state index contributed by atoms with van der Waals surface area (Å²) in [5.41, 5.74) is 0. The van der Waals surface area contributed by atoms with Crippen molar-refractivity contribution in [1.82, 2.24) is 0 Å². The van der Waals surface area contributed by atoms with E-state index >= 15 is 0 Å². The molecule has 0 radical (unpaired) electrons. The van der Waals surface area contributed by atoms with Gasteiger partial charge in [-0.25, -0.2) is 0 Å². The first-order valence-corrected chi connectivity index (χ1v) is 16.2. The molecule has 19 heteroatoms. The van der Waals surface area contributed by atoms with Crippen molar-refractivity contribution in [2.24, 2.45) is 0 Å². The van der Waals surface area contributed by atoms with Crippen LogP contribution in [-0.4, -0.2) is 196 Å². The molecular weight excluding hydrogens is 664 g/mol. The number of aliphatic hydroxyl groups excluding tert-OH is 9. The second kappa shape index (κ2) is 19.0. The Kier molecular flexibility index (Phi) is 16.4. The highest BCUT2D eigenvalue weighted by Crippen LogP contribution is 2.34. The summed E-state index contributed by atoms with van der Waals surface area (Å²) in [4.78, 5) is 10.5. The maximum atomic E-state index is 10.5. The molecule has 0 aromatic rings. The van der Waals surface area contributed by atoms with Crippen LogP contribution in [-0.2, 0) is 47.4 Å². The predicted octanol–water partition coefficient (Wildman–Crippen LogP) is -4.37. The molecular formula is C30H54O19. The Morgan fingerprint density at radius 2 is 1.51 bits per heavy atom. The Labute approximate surface area is 284 Å². The molecule has 5 saturated heterocycles. The highest BCUT2D eigenvalue weighted by molar-refractivity contribution is 5.65. The summed E-state index contributed by atoms with van der Waals surface area (Å²) in [5.74, 6) is -1.32. The highest BCUT2D eigenvalue weighted by Gasteiger charge is 2.53. The average molecular weight is 719 g/mol. The lowest BCUT2D eigenvalue weighted by Gasteiger charge is -2.50. The Morgan fingerprint density at radius 3 is 2.12 bits per heavy atom. The van der Waals surface area contributed by atoms with Gasteiger partial charge in [-0.1, -0.05) is 0 Å². The summed E-state index contributed by atoms with van der Waals surface area (Å²) in [6, 6.07) is 0. The first-order chi connectivity index (χ1) is 23.0. The minimum Gasteiger partial charge on any atom is -0.463 e. The van der Waals surface area contributed by atoms with Gasteiger partial charge in [-0.3, -0.25) is 4.79 Å². The Morgan fingerprint density at radius 1 is 0.837 bits per heavy atom. The third-order valence-electron chi connectivity index (χ3n) is 8.58. The number of methoxy groups -OCH3 is 1.